The van der Waals surface area contributed by atoms with Gasteiger partial charge in [0.05, 0.1) is 13.7 Å². The van der Waals surface area contributed by atoms with Crippen LogP contribution >= 0.6 is 15.9 Å². The second-order valence-corrected chi connectivity index (χ2v) is 8.41. The summed E-state index contributed by atoms with van der Waals surface area (Å²) in [5.41, 5.74) is 2.08. The molecule has 0 spiro atoms. The predicted molar refractivity (Wildman–Crippen MR) is 135 cm³/mol. The first-order valence-corrected chi connectivity index (χ1v) is 11.9. The molecular formula is C25H26BrN3O7. The minimum atomic E-state index is -0.704. The number of ether oxygens (including phenoxy) is 3. The highest BCUT2D eigenvalue weighted by molar-refractivity contribution is 9.10. The van der Waals surface area contributed by atoms with Crippen molar-refractivity contribution in [2.75, 3.05) is 32.2 Å². The lowest BCUT2D eigenvalue weighted by molar-refractivity contribution is -0.143. The van der Waals surface area contributed by atoms with Crippen molar-refractivity contribution < 1.29 is 33.4 Å². The van der Waals surface area contributed by atoms with Gasteiger partial charge >= 0.3 is 12.0 Å². The van der Waals surface area contributed by atoms with Gasteiger partial charge in [0.1, 0.15) is 12.2 Å². The number of imide groups is 1. The van der Waals surface area contributed by atoms with Gasteiger partial charge < -0.3 is 24.8 Å². The molecule has 1 aliphatic heterocycles. The van der Waals surface area contributed by atoms with E-state index in [-0.39, 0.29) is 12.3 Å². The molecule has 1 heterocycles. The van der Waals surface area contributed by atoms with Gasteiger partial charge in [0.15, 0.2) is 18.1 Å². The van der Waals surface area contributed by atoms with Crippen molar-refractivity contribution in [2.24, 2.45) is 0 Å². The number of carbonyl (C=O) groups is 4. The van der Waals surface area contributed by atoms with Crippen molar-refractivity contribution in [2.45, 2.75) is 20.3 Å². The molecule has 0 aliphatic carbocycles. The van der Waals surface area contributed by atoms with E-state index in [0.717, 1.165) is 16.9 Å². The van der Waals surface area contributed by atoms with Crippen LogP contribution in [0, 0.1) is 0 Å². The zero-order chi connectivity index (χ0) is 26.2. The number of hydrogen-bond acceptors (Lipinski definition) is 7. The summed E-state index contributed by atoms with van der Waals surface area (Å²) in [6.07, 6.45) is 2.18. The van der Waals surface area contributed by atoms with E-state index in [1.165, 1.54) is 13.2 Å². The first kappa shape index (κ1) is 26.7. The fourth-order valence-corrected chi connectivity index (χ4v) is 3.83. The van der Waals surface area contributed by atoms with Gasteiger partial charge in [-0.25, -0.2) is 14.5 Å². The molecule has 4 amide bonds. The summed E-state index contributed by atoms with van der Waals surface area (Å²) in [6.45, 7) is 3.33. The number of halogens is 1. The molecule has 2 aromatic carbocycles. The first-order valence-electron chi connectivity index (χ1n) is 11.2. The van der Waals surface area contributed by atoms with Crippen LogP contribution in [0.25, 0.3) is 6.08 Å². The molecule has 0 saturated carbocycles. The van der Waals surface area contributed by atoms with Crippen molar-refractivity contribution in [3.8, 4) is 11.5 Å². The summed E-state index contributed by atoms with van der Waals surface area (Å²) in [5.74, 6) is -1.06. The monoisotopic (exact) mass is 559 g/mol. The zero-order valence-corrected chi connectivity index (χ0v) is 21.6. The third-order valence-corrected chi connectivity index (χ3v) is 5.86. The average Bonchev–Trinajstić information content (AvgIpc) is 3.12. The fourth-order valence-electron chi connectivity index (χ4n) is 3.39. The van der Waals surface area contributed by atoms with Gasteiger partial charge in [-0.2, -0.15) is 0 Å². The number of esters is 1. The highest BCUT2D eigenvalue weighted by Gasteiger charge is 2.35. The lowest BCUT2D eigenvalue weighted by Crippen LogP contribution is -2.38. The van der Waals surface area contributed by atoms with E-state index in [0.29, 0.717) is 33.8 Å². The molecule has 2 N–H and O–H groups in total. The molecule has 11 heteroatoms. The molecule has 2 aromatic rings. The Labute approximate surface area is 216 Å². The van der Waals surface area contributed by atoms with Crippen LogP contribution in [0.2, 0.25) is 0 Å². The average molecular weight is 560 g/mol. The van der Waals surface area contributed by atoms with Crippen molar-refractivity contribution in [3.63, 3.8) is 0 Å². The van der Waals surface area contributed by atoms with E-state index < -0.39 is 30.4 Å². The molecule has 3 rings (SSSR count). The highest BCUT2D eigenvalue weighted by atomic mass is 79.9. The van der Waals surface area contributed by atoms with E-state index in [1.54, 1.807) is 31.2 Å². The number of aryl methyl sites for hydroxylation is 1. The van der Waals surface area contributed by atoms with Gasteiger partial charge in [0.2, 0.25) is 5.91 Å². The Morgan fingerprint density at radius 3 is 2.53 bits per heavy atom. The molecule has 36 heavy (non-hydrogen) atoms. The van der Waals surface area contributed by atoms with Crippen molar-refractivity contribution in [1.29, 1.82) is 0 Å². The van der Waals surface area contributed by atoms with Crippen LogP contribution in [0.1, 0.15) is 25.0 Å². The fraction of sp³-hybridized carbons (Fsp3) is 0.280. The lowest BCUT2D eigenvalue weighted by atomic mass is 10.1. The van der Waals surface area contributed by atoms with Crippen molar-refractivity contribution in [1.82, 2.24) is 10.2 Å². The van der Waals surface area contributed by atoms with Crippen LogP contribution in [-0.2, 0) is 25.5 Å². The second-order valence-electron chi connectivity index (χ2n) is 7.56. The Morgan fingerprint density at radius 1 is 1.11 bits per heavy atom. The number of para-hydroxylation sites is 1. The number of urea groups is 1. The molecule has 0 aromatic heterocycles. The molecule has 0 atom stereocenters. The van der Waals surface area contributed by atoms with Crippen LogP contribution in [0.4, 0.5) is 10.5 Å². The standard InChI is InChI=1S/C25H26BrN3O7/c1-4-15-8-6-7-9-18(15)27-22(30)13-29-24(32)19(28-25(29)33)10-16-11-20(35-5-2)21(12-17(16)26)36-14-23(31)34-3/h6-12H,4-5,13-14H2,1-3H3,(H,27,30)(H,28,33)/b19-10+. The maximum absolute atomic E-state index is 12.9. The SMILES string of the molecule is CCOc1cc(/C=C2/NC(=O)N(CC(=O)Nc3ccccc3CC)C2=O)c(Br)cc1OCC(=O)OC. The number of rotatable bonds is 10. The number of methoxy groups -OCH3 is 1. The van der Waals surface area contributed by atoms with Crippen LogP contribution in [0.5, 0.6) is 11.5 Å². The van der Waals surface area contributed by atoms with Gasteiger partial charge in [-0.3, -0.25) is 9.59 Å². The Bertz CT molecular complexity index is 1210. The molecule has 0 radical (unpaired) electrons. The van der Waals surface area contributed by atoms with Crippen molar-refractivity contribution >= 4 is 51.5 Å². The smallest absolute Gasteiger partial charge is 0.343 e. The largest absolute Gasteiger partial charge is 0.490 e. The molecule has 1 aliphatic rings. The van der Waals surface area contributed by atoms with Crippen LogP contribution in [0.15, 0.2) is 46.6 Å². The third kappa shape index (κ3) is 6.42. The lowest BCUT2D eigenvalue weighted by Gasteiger charge is -2.14. The molecule has 1 saturated heterocycles. The number of nitrogens with one attached hydrogen (secondary N) is 2. The quantitative estimate of drug-likeness (QED) is 0.259. The molecule has 10 nitrogen and oxygen atoms in total. The highest BCUT2D eigenvalue weighted by Crippen LogP contribution is 2.35. The van der Waals surface area contributed by atoms with E-state index >= 15 is 0 Å². The van der Waals surface area contributed by atoms with E-state index in [1.807, 2.05) is 19.1 Å². The van der Waals surface area contributed by atoms with E-state index in [9.17, 15) is 19.2 Å². The summed E-state index contributed by atoms with van der Waals surface area (Å²) in [4.78, 5) is 50.2. The van der Waals surface area contributed by atoms with Crippen LogP contribution in [0.3, 0.4) is 0 Å². The van der Waals surface area contributed by atoms with Gasteiger partial charge in [0.25, 0.3) is 5.91 Å². The topological polar surface area (TPSA) is 123 Å². The number of hydrogen-bond donors (Lipinski definition) is 2. The third-order valence-electron chi connectivity index (χ3n) is 5.17. The van der Waals surface area contributed by atoms with Gasteiger partial charge in [0, 0.05) is 10.2 Å². The van der Waals surface area contributed by atoms with E-state index in [4.69, 9.17) is 9.47 Å². The number of nitrogens with zero attached hydrogens (tertiary/aromatic N) is 1. The maximum atomic E-state index is 12.9. The summed E-state index contributed by atoms with van der Waals surface area (Å²) in [7, 11) is 1.25. The van der Waals surface area contributed by atoms with Crippen molar-refractivity contribution in [3.05, 3.63) is 57.7 Å². The number of amides is 4. The molecule has 0 bridgehead atoms. The van der Waals surface area contributed by atoms with Gasteiger partial charge in [-0.05, 0) is 48.7 Å². The molecule has 1 fully saturated rings. The molecular weight excluding hydrogens is 534 g/mol. The summed E-state index contributed by atoms with van der Waals surface area (Å²) >= 11 is 3.41. The van der Waals surface area contributed by atoms with Crippen LogP contribution in [-0.4, -0.2) is 55.6 Å². The zero-order valence-electron chi connectivity index (χ0n) is 20.1. The summed E-state index contributed by atoms with van der Waals surface area (Å²) in [5, 5.41) is 5.25. The number of benzene rings is 2. The normalized spacial score (nSPS) is 14.0. The summed E-state index contributed by atoms with van der Waals surface area (Å²) in [6, 6.07) is 9.80. The van der Waals surface area contributed by atoms with Crippen LogP contribution < -0.4 is 20.1 Å². The molecule has 0 unspecified atom stereocenters. The Balaban J connectivity index is 1.77. The maximum Gasteiger partial charge on any atom is 0.343 e. The number of anilines is 1. The van der Waals surface area contributed by atoms with Gasteiger partial charge in [-0.1, -0.05) is 41.1 Å². The predicted octanol–water partition coefficient (Wildman–Crippen LogP) is 3.49. The second kappa shape index (κ2) is 12.2. The number of carbonyl (C=O) groups excluding carboxylic acids is 4. The minimum Gasteiger partial charge on any atom is -0.490 e. The Morgan fingerprint density at radius 2 is 1.83 bits per heavy atom. The first-order chi connectivity index (χ1) is 17.3. The minimum absolute atomic E-state index is 0.00636. The molecule has 190 valence electrons. The summed E-state index contributed by atoms with van der Waals surface area (Å²) < 4.78 is 16.2. The van der Waals surface area contributed by atoms with Gasteiger partial charge in [-0.15, -0.1) is 0 Å². The van der Waals surface area contributed by atoms with E-state index in [2.05, 4.69) is 31.3 Å². The Hall–Kier alpha value is -3.86. The Kier molecular flexibility index (Phi) is 9.07.